The minimum Gasteiger partial charge on any atom is -0.306 e. The van der Waals surface area contributed by atoms with E-state index >= 15 is 0 Å². The van der Waals surface area contributed by atoms with E-state index in [0.29, 0.717) is 6.42 Å². The summed E-state index contributed by atoms with van der Waals surface area (Å²) in [5, 5.41) is 12.2. The van der Waals surface area contributed by atoms with Crippen LogP contribution in [0.15, 0.2) is 28.7 Å². The Balaban J connectivity index is 2.68. The standard InChI is InChI=1S/C13H17BrN2/c1-3-11(8-9-15)16-10(2)12-6-4-5-7-13(12)14/h4-7,10-11,16H,3,8H2,1-2H3. The number of rotatable bonds is 5. The molecule has 3 heteroatoms. The van der Waals surface area contributed by atoms with E-state index in [1.54, 1.807) is 0 Å². The SMILES string of the molecule is CCC(CC#N)NC(C)c1ccccc1Br. The molecule has 16 heavy (non-hydrogen) atoms. The van der Waals surface area contributed by atoms with E-state index in [2.05, 4.69) is 47.2 Å². The van der Waals surface area contributed by atoms with Crippen molar-refractivity contribution in [2.24, 2.45) is 0 Å². The van der Waals surface area contributed by atoms with E-state index in [1.807, 2.05) is 18.2 Å². The van der Waals surface area contributed by atoms with E-state index in [9.17, 15) is 0 Å². The maximum atomic E-state index is 8.71. The van der Waals surface area contributed by atoms with Gasteiger partial charge in [-0.2, -0.15) is 5.26 Å². The summed E-state index contributed by atoms with van der Waals surface area (Å²) in [4.78, 5) is 0. The zero-order valence-corrected chi connectivity index (χ0v) is 11.3. The molecule has 0 fully saturated rings. The molecular formula is C13H17BrN2. The third-order valence-electron chi connectivity index (χ3n) is 2.69. The van der Waals surface area contributed by atoms with E-state index < -0.39 is 0 Å². The van der Waals surface area contributed by atoms with Crippen molar-refractivity contribution in [3.8, 4) is 6.07 Å². The number of benzene rings is 1. The normalized spacial score (nSPS) is 14.1. The minimum absolute atomic E-state index is 0.258. The molecule has 0 aromatic heterocycles. The van der Waals surface area contributed by atoms with Gasteiger partial charge in [-0.1, -0.05) is 41.1 Å². The summed E-state index contributed by atoms with van der Waals surface area (Å²) < 4.78 is 1.11. The van der Waals surface area contributed by atoms with Crippen LogP contribution in [0.1, 0.15) is 38.3 Å². The number of halogens is 1. The number of nitriles is 1. The molecule has 86 valence electrons. The van der Waals surface area contributed by atoms with Gasteiger partial charge in [-0.05, 0) is 25.0 Å². The molecule has 0 aliphatic carbocycles. The summed E-state index contributed by atoms with van der Waals surface area (Å²) in [6.07, 6.45) is 1.54. The second-order valence-electron chi connectivity index (χ2n) is 3.88. The fourth-order valence-electron chi connectivity index (χ4n) is 1.70. The fourth-order valence-corrected chi connectivity index (χ4v) is 2.33. The van der Waals surface area contributed by atoms with Gasteiger partial charge in [-0.15, -0.1) is 0 Å². The summed E-state index contributed by atoms with van der Waals surface area (Å²) in [5.74, 6) is 0. The zero-order chi connectivity index (χ0) is 12.0. The minimum atomic E-state index is 0.258. The molecule has 0 radical (unpaired) electrons. The van der Waals surface area contributed by atoms with Gasteiger partial charge in [0.25, 0.3) is 0 Å². The molecule has 0 bridgehead atoms. The number of nitrogens with zero attached hydrogens (tertiary/aromatic N) is 1. The Hall–Kier alpha value is -0.850. The lowest BCUT2D eigenvalue weighted by molar-refractivity contribution is 0.447. The Bertz CT molecular complexity index is 370. The van der Waals surface area contributed by atoms with Crippen LogP contribution in [0.3, 0.4) is 0 Å². The van der Waals surface area contributed by atoms with Crippen molar-refractivity contribution in [3.05, 3.63) is 34.3 Å². The van der Waals surface area contributed by atoms with Crippen LogP contribution in [0.5, 0.6) is 0 Å². The first kappa shape index (κ1) is 13.2. The molecule has 2 nitrogen and oxygen atoms in total. The predicted molar refractivity (Wildman–Crippen MR) is 70.0 cm³/mol. The second-order valence-corrected chi connectivity index (χ2v) is 4.73. The Morgan fingerprint density at radius 1 is 1.44 bits per heavy atom. The number of hydrogen-bond donors (Lipinski definition) is 1. The Morgan fingerprint density at radius 2 is 2.12 bits per heavy atom. The zero-order valence-electron chi connectivity index (χ0n) is 9.70. The monoisotopic (exact) mass is 280 g/mol. The Labute approximate surface area is 106 Å². The molecule has 0 heterocycles. The van der Waals surface area contributed by atoms with E-state index in [1.165, 1.54) is 5.56 Å². The van der Waals surface area contributed by atoms with E-state index in [0.717, 1.165) is 10.9 Å². The molecule has 0 spiro atoms. The predicted octanol–water partition coefficient (Wildman–Crippen LogP) is 3.79. The van der Waals surface area contributed by atoms with Crippen molar-refractivity contribution in [2.45, 2.75) is 38.8 Å². The van der Waals surface area contributed by atoms with Gasteiger partial charge in [0, 0.05) is 16.6 Å². The highest BCUT2D eigenvalue weighted by atomic mass is 79.9. The topological polar surface area (TPSA) is 35.8 Å². The van der Waals surface area contributed by atoms with Crippen LogP contribution in [0.2, 0.25) is 0 Å². The van der Waals surface area contributed by atoms with Crippen molar-refractivity contribution in [3.63, 3.8) is 0 Å². The quantitative estimate of drug-likeness (QED) is 0.891. The lowest BCUT2D eigenvalue weighted by Crippen LogP contribution is -2.30. The molecule has 1 aromatic rings. The first-order valence-electron chi connectivity index (χ1n) is 5.56. The van der Waals surface area contributed by atoms with E-state index in [-0.39, 0.29) is 12.1 Å². The highest BCUT2D eigenvalue weighted by Crippen LogP contribution is 2.23. The fraction of sp³-hybridized carbons (Fsp3) is 0.462. The van der Waals surface area contributed by atoms with Gasteiger partial charge in [0.2, 0.25) is 0 Å². The van der Waals surface area contributed by atoms with E-state index in [4.69, 9.17) is 5.26 Å². The molecule has 2 unspecified atom stereocenters. The van der Waals surface area contributed by atoms with Crippen LogP contribution in [0.4, 0.5) is 0 Å². The summed E-state index contributed by atoms with van der Waals surface area (Å²) in [5.41, 5.74) is 1.24. The van der Waals surface area contributed by atoms with Gasteiger partial charge in [-0.25, -0.2) is 0 Å². The highest BCUT2D eigenvalue weighted by molar-refractivity contribution is 9.10. The first-order valence-corrected chi connectivity index (χ1v) is 6.35. The van der Waals surface area contributed by atoms with Gasteiger partial charge in [0.05, 0.1) is 12.5 Å². The molecule has 1 N–H and O–H groups in total. The van der Waals surface area contributed by atoms with Gasteiger partial charge < -0.3 is 5.32 Å². The average Bonchev–Trinajstić information content (AvgIpc) is 2.28. The van der Waals surface area contributed by atoms with Crippen LogP contribution in [-0.4, -0.2) is 6.04 Å². The first-order chi connectivity index (χ1) is 7.69. The van der Waals surface area contributed by atoms with Crippen molar-refractivity contribution < 1.29 is 0 Å². The molecule has 0 saturated carbocycles. The number of nitrogens with one attached hydrogen (secondary N) is 1. The maximum Gasteiger partial charge on any atom is 0.0638 e. The van der Waals surface area contributed by atoms with Crippen molar-refractivity contribution >= 4 is 15.9 Å². The van der Waals surface area contributed by atoms with Gasteiger partial charge in [0.15, 0.2) is 0 Å². The smallest absolute Gasteiger partial charge is 0.0638 e. The van der Waals surface area contributed by atoms with Crippen LogP contribution < -0.4 is 5.32 Å². The Morgan fingerprint density at radius 3 is 2.69 bits per heavy atom. The van der Waals surface area contributed by atoms with Gasteiger partial charge in [0.1, 0.15) is 0 Å². The van der Waals surface area contributed by atoms with Crippen molar-refractivity contribution in [1.29, 1.82) is 5.26 Å². The molecule has 1 rings (SSSR count). The summed E-state index contributed by atoms with van der Waals surface area (Å²) in [6, 6.07) is 10.9. The summed E-state index contributed by atoms with van der Waals surface area (Å²) in [7, 11) is 0. The highest BCUT2D eigenvalue weighted by Gasteiger charge is 2.13. The molecule has 0 aliphatic heterocycles. The largest absolute Gasteiger partial charge is 0.306 e. The van der Waals surface area contributed by atoms with Gasteiger partial charge in [-0.3, -0.25) is 0 Å². The summed E-state index contributed by atoms with van der Waals surface area (Å²) >= 11 is 3.54. The Kier molecular flexibility index (Phi) is 5.51. The van der Waals surface area contributed by atoms with Gasteiger partial charge >= 0.3 is 0 Å². The lowest BCUT2D eigenvalue weighted by atomic mass is 10.1. The molecule has 1 aromatic carbocycles. The maximum absolute atomic E-state index is 8.71. The third kappa shape index (κ3) is 3.62. The second kappa shape index (κ2) is 6.67. The molecule has 2 atom stereocenters. The average molecular weight is 281 g/mol. The van der Waals surface area contributed by atoms with Crippen LogP contribution in [0, 0.1) is 11.3 Å². The summed E-state index contributed by atoms with van der Waals surface area (Å²) in [6.45, 7) is 4.22. The van der Waals surface area contributed by atoms with Crippen LogP contribution >= 0.6 is 15.9 Å². The molecular weight excluding hydrogens is 264 g/mol. The third-order valence-corrected chi connectivity index (χ3v) is 3.41. The van der Waals surface area contributed by atoms with Crippen molar-refractivity contribution in [2.75, 3.05) is 0 Å². The molecule has 0 aliphatic rings. The van der Waals surface area contributed by atoms with Crippen LogP contribution in [0.25, 0.3) is 0 Å². The molecule has 0 saturated heterocycles. The molecule has 0 amide bonds. The lowest BCUT2D eigenvalue weighted by Gasteiger charge is -2.21. The van der Waals surface area contributed by atoms with Crippen LogP contribution in [-0.2, 0) is 0 Å². The van der Waals surface area contributed by atoms with Crippen molar-refractivity contribution in [1.82, 2.24) is 5.32 Å². The number of hydrogen-bond acceptors (Lipinski definition) is 2.